The van der Waals surface area contributed by atoms with Crippen molar-refractivity contribution < 1.29 is 4.74 Å². The number of benzene rings is 1. The molecule has 2 aromatic rings. The Balaban J connectivity index is 1.73. The Labute approximate surface area is 119 Å². The predicted molar refractivity (Wildman–Crippen MR) is 78.9 cm³/mol. The molecule has 0 fully saturated rings. The molecule has 0 saturated heterocycles. The van der Waals surface area contributed by atoms with E-state index in [0.717, 1.165) is 18.0 Å². The Kier molecular flexibility index (Phi) is 3.54. The van der Waals surface area contributed by atoms with E-state index in [0.29, 0.717) is 12.5 Å². The second kappa shape index (κ2) is 5.49. The third-order valence-electron chi connectivity index (χ3n) is 3.51. The molecular formula is C16H19N3O. The Hall–Kier alpha value is -2.10. The van der Waals surface area contributed by atoms with Crippen molar-refractivity contribution in [1.82, 2.24) is 9.78 Å². The highest BCUT2D eigenvalue weighted by Crippen LogP contribution is 2.17. The maximum Gasteiger partial charge on any atom is 0.219 e. The summed E-state index contributed by atoms with van der Waals surface area (Å²) in [6.45, 7) is 5.77. The number of rotatable bonds is 4. The topological polar surface area (TPSA) is 39.4 Å². The zero-order valence-corrected chi connectivity index (χ0v) is 11.9. The number of aliphatic imine (C=N–C) groups is 1. The van der Waals surface area contributed by atoms with Gasteiger partial charge in [-0.25, -0.2) is 4.99 Å². The lowest BCUT2D eigenvalue weighted by Crippen LogP contribution is -2.13. The molecule has 4 heteroatoms. The molecule has 3 rings (SSSR count). The summed E-state index contributed by atoms with van der Waals surface area (Å²) in [5.41, 5.74) is 2.19. The molecule has 1 aliphatic rings. The molecule has 20 heavy (non-hydrogen) atoms. The number of hydrogen-bond acceptors (Lipinski definition) is 3. The Morgan fingerprint density at radius 3 is 2.80 bits per heavy atom. The van der Waals surface area contributed by atoms with E-state index in [1.807, 2.05) is 35.3 Å². The van der Waals surface area contributed by atoms with Gasteiger partial charge in [0.2, 0.25) is 5.90 Å². The van der Waals surface area contributed by atoms with Gasteiger partial charge in [-0.2, -0.15) is 5.10 Å². The first-order chi connectivity index (χ1) is 9.72. The number of ether oxygens (including phenoxy) is 1. The fraction of sp³-hybridized carbons (Fsp3) is 0.375. The van der Waals surface area contributed by atoms with Crippen molar-refractivity contribution in [2.24, 2.45) is 10.9 Å². The summed E-state index contributed by atoms with van der Waals surface area (Å²) in [6, 6.07) is 10.6. The highest BCUT2D eigenvalue weighted by Gasteiger charge is 2.23. The average Bonchev–Trinajstić information content (AvgIpc) is 3.08. The van der Waals surface area contributed by atoms with Crippen LogP contribution in [0.25, 0.3) is 0 Å². The summed E-state index contributed by atoms with van der Waals surface area (Å²) in [5, 5.41) is 4.38. The van der Waals surface area contributed by atoms with Gasteiger partial charge in [0.1, 0.15) is 6.61 Å². The lowest BCUT2D eigenvalue weighted by molar-refractivity contribution is 0.292. The van der Waals surface area contributed by atoms with E-state index in [1.165, 1.54) is 5.56 Å². The lowest BCUT2D eigenvalue weighted by Gasteiger charge is -2.06. The van der Waals surface area contributed by atoms with Gasteiger partial charge in [-0.3, -0.25) is 4.68 Å². The summed E-state index contributed by atoms with van der Waals surface area (Å²) in [6.07, 6.45) is 3.82. The Morgan fingerprint density at radius 1 is 1.30 bits per heavy atom. The zero-order chi connectivity index (χ0) is 13.9. The quantitative estimate of drug-likeness (QED) is 0.856. The van der Waals surface area contributed by atoms with Crippen molar-refractivity contribution in [3.05, 3.63) is 53.9 Å². The second-order valence-corrected chi connectivity index (χ2v) is 5.47. The van der Waals surface area contributed by atoms with Crippen LogP contribution < -0.4 is 0 Å². The highest BCUT2D eigenvalue weighted by molar-refractivity contribution is 5.94. The van der Waals surface area contributed by atoms with Crippen molar-refractivity contribution in [2.45, 2.75) is 26.4 Å². The average molecular weight is 269 g/mol. The molecule has 0 amide bonds. The van der Waals surface area contributed by atoms with Crippen LogP contribution in [-0.4, -0.2) is 28.3 Å². The Bertz CT molecular complexity index is 601. The summed E-state index contributed by atoms with van der Waals surface area (Å²) >= 11 is 0. The van der Waals surface area contributed by atoms with Gasteiger partial charge >= 0.3 is 0 Å². The third kappa shape index (κ3) is 2.74. The van der Waals surface area contributed by atoms with Crippen molar-refractivity contribution >= 4 is 5.90 Å². The summed E-state index contributed by atoms with van der Waals surface area (Å²) in [7, 11) is 0. The Morgan fingerprint density at radius 2 is 2.10 bits per heavy atom. The molecule has 0 aliphatic carbocycles. The van der Waals surface area contributed by atoms with Crippen molar-refractivity contribution in [3.8, 4) is 0 Å². The largest absolute Gasteiger partial charge is 0.475 e. The standard InChI is InChI=1S/C16H19N3O/c1-12(2)15-11-20-16(18-15)14-8-17-19(10-14)9-13-6-4-3-5-7-13/h3-8,10,12,15H,9,11H2,1-2H3/t15-/m0/s1. The third-order valence-corrected chi connectivity index (χ3v) is 3.51. The van der Waals surface area contributed by atoms with Crippen LogP contribution >= 0.6 is 0 Å². The summed E-state index contributed by atoms with van der Waals surface area (Å²) in [4.78, 5) is 4.62. The van der Waals surface area contributed by atoms with Crippen molar-refractivity contribution in [2.75, 3.05) is 6.61 Å². The normalized spacial score (nSPS) is 18.1. The van der Waals surface area contributed by atoms with Crippen LogP contribution in [0.1, 0.15) is 25.0 Å². The number of hydrogen-bond donors (Lipinski definition) is 0. The molecule has 0 unspecified atom stereocenters. The molecule has 1 aromatic carbocycles. The van der Waals surface area contributed by atoms with E-state index in [4.69, 9.17) is 4.74 Å². The minimum Gasteiger partial charge on any atom is -0.475 e. The molecule has 0 bridgehead atoms. The van der Waals surface area contributed by atoms with Gasteiger partial charge < -0.3 is 4.74 Å². The molecule has 0 radical (unpaired) electrons. The minimum absolute atomic E-state index is 0.266. The van der Waals surface area contributed by atoms with Crippen LogP contribution in [0.2, 0.25) is 0 Å². The van der Waals surface area contributed by atoms with Crippen LogP contribution in [0, 0.1) is 5.92 Å². The highest BCUT2D eigenvalue weighted by atomic mass is 16.5. The first-order valence-corrected chi connectivity index (χ1v) is 7.00. The van der Waals surface area contributed by atoms with Crippen LogP contribution in [0.3, 0.4) is 0 Å². The first kappa shape index (κ1) is 12.9. The molecule has 2 heterocycles. The van der Waals surface area contributed by atoms with E-state index in [9.17, 15) is 0 Å². The fourth-order valence-corrected chi connectivity index (χ4v) is 2.22. The van der Waals surface area contributed by atoms with Gasteiger partial charge in [-0.15, -0.1) is 0 Å². The first-order valence-electron chi connectivity index (χ1n) is 7.00. The van der Waals surface area contributed by atoms with Crippen LogP contribution in [0.4, 0.5) is 0 Å². The molecule has 0 saturated carbocycles. The molecule has 1 aromatic heterocycles. The smallest absolute Gasteiger partial charge is 0.219 e. The molecule has 1 aliphatic heterocycles. The number of nitrogens with zero attached hydrogens (tertiary/aromatic N) is 3. The zero-order valence-electron chi connectivity index (χ0n) is 11.9. The van der Waals surface area contributed by atoms with Gasteiger partial charge in [0.15, 0.2) is 0 Å². The summed E-state index contributed by atoms with van der Waals surface area (Å²) in [5.74, 6) is 1.23. The van der Waals surface area contributed by atoms with E-state index < -0.39 is 0 Å². The lowest BCUT2D eigenvalue weighted by atomic mass is 10.1. The maximum atomic E-state index is 5.67. The SMILES string of the molecule is CC(C)[C@@H]1COC(c2cnn(Cc3ccccc3)c2)=N1. The molecular weight excluding hydrogens is 250 g/mol. The monoisotopic (exact) mass is 269 g/mol. The van der Waals surface area contributed by atoms with E-state index in [1.54, 1.807) is 0 Å². The second-order valence-electron chi connectivity index (χ2n) is 5.47. The number of aromatic nitrogens is 2. The van der Waals surface area contributed by atoms with E-state index in [-0.39, 0.29) is 6.04 Å². The molecule has 4 nitrogen and oxygen atoms in total. The van der Waals surface area contributed by atoms with Gasteiger partial charge in [-0.05, 0) is 11.5 Å². The molecule has 1 atom stereocenters. The molecule has 0 N–H and O–H groups in total. The van der Waals surface area contributed by atoms with Gasteiger partial charge in [0, 0.05) is 6.20 Å². The van der Waals surface area contributed by atoms with Crippen LogP contribution in [0.5, 0.6) is 0 Å². The maximum absolute atomic E-state index is 5.67. The fourth-order valence-electron chi connectivity index (χ4n) is 2.22. The summed E-state index contributed by atoms with van der Waals surface area (Å²) < 4.78 is 7.59. The van der Waals surface area contributed by atoms with Gasteiger partial charge in [0.05, 0.1) is 24.3 Å². The van der Waals surface area contributed by atoms with E-state index in [2.05, 4.69) is 36.1 Å². The van der Waals surface area contributed by atoms with Crippen LogP contribution in [-0.2, 0) is 11.3 Å². The van der Waals surface area contributed by atoms with Crippen molar-refractivity contribution in [3.63, 3.8) is 0 Å². The molecule has 0 spiro atoms. The van der Waals surface area contributed by atoms with Crippen molar-refractivity contribution in [1.29, 1.82) is 0 Å². The van der Waals surface area contributed by atoms with Crippen LogP contribution in [0.15, 0.2) is 47.7 Å². The molecule has 104 valence electrons. The van der Waals surface area contributed by atoms with Gasteiger partial charge in [-0.1, -0.05) is 44.2 Å². The predicted octanol–water partition coefficient (Wildman–Crippen LogP) is 2.73. The van der Waals surface area contributed by atoms with Gasteiger partial charge in [0.25, 0.3) is 0 Å². The van der Waals surface area contributed by atoms with E-state index >= 15 is 0 Å². The minimum atomic E-state index is 0.266.